The molecule has 6 nitrogen and oxygen atoms in total. The standard InChI is InChI=1S/C9H12N6S/c10-5-6-16-9-11-8(14-15-9)13-12-7-3-1-2-4-7/h1-4,6H2,(H2,11,13,14,15). The number of hydrogen-bond donors (Lipinski definition) is 2. The highest BCUT2D eigenvalue weighted by Gasteiger charge is 2.08. The fourth-order valence-electron chi connectivity index (χ4n) is 1.48. The Morgan fingerprint density at radius 2 is 2.31 bits per heavy atom. The van der Waals surface area contributed by atoms with Crippen molar-refractivity contribution in [3.05, 3.63) is 0 Å². The highest BCUT2D eigenvalue weighted by atomic mass is 32.2. The number of hydrogen-bond acceptors (Lipinski definition) is 6. The normalized spacial score (nSPS) is 14.8. The highest BCUT2D eigenvalue weighted by molar-refractivity contribution is 7.99. The molecule has 0 unspecified atom stereocenters. The second-order valence-electron chi connectivity index (χ2n) is 3.41. The van der Waals surface area contributed by atoms with Crippen molar-refractivity contribution in [2.75, 3.05) is 11.2 Å². The molecule has 1 fully saturated rings. The van der Waals surface area contributed by atoms with Gasteiger partial charge in [0.05, 0.1) is 11.8 Å². The van der Waals surface area contributed by atoms with E-state index in [9.17, 15) is 0 Å². The Bertz CT molecular complexity index is 410. The van der Waals surface area contributed by atoms with Gasteiger partial charge in [-0.05, 0) is 25.7 Å². The van der Waals surface area contributed by atoms with Crippen LogP contribution in [0.5, 0.6) is 0 Å². The van der Waals surface area contributed by atoms with Gasteiger partial charge < -0.3 is 0 Å². The number of thioether (sulfide) groups is 1. The van der Waals surface area contributed by atoms with E-state index in [-0.39, 0.29) is 0 Å². The number of aromatic nitrogens is 3. The molecule has 1 aliphatic rings. The van der Waals surface area contributed by atoms with E-state index in [0.717, 1.165) is 12.8 Å². The SMILES string of the molecule is N#CCSc1n[nH]c(NN=C2CCCC2)n1. The number of nitrogens with one attached hydrogen (secondary N) is 2. The smallest absolute Gasteiger partial charge is 0.240 e. The zero-order chi connectivity index (χ0) is 11.2. The molecule has 1 aromatic heterocycles. The summed E-state index contributed by atoms with van der Waals surface area (Å²) < 4.78 is 0. The summed E-state index contributed by atoms with van der Waals surface area (Å²) in [6, 6.07) is 2.02. The molecule has 0 atom stereocenters. The van der Waals surface area contributed by atoms with Crippen LogP contribution >= 0.6 is 11.8 Å². The second kappa shape index (κ2) is 5.51. The molecular formula is C9H12N6S. The molecule has 1 aromatic rings. The zero-order valence-electron chi connectivity index (χ0n) is 8.73. The summed E-state index contributed by atoms with van der Waals surface area (Å²) in [6.07, 6.45) is 4.58. The van der Waals surface area contributed by atoms with Crippen LogP contribution in [0.4, 0.5) is 5.95 Å². The van der Waals surface area contributed by atoms with Crippen LogP contribution in [0.3, 0.4) is 0 Å². The van der Waals surface area contributed by atoms with Gasteiger partial charge in [0, 0.05) is 5.71 Å². The van der Waals surface area contributed by atoms with Crippen LogP contribution < -0.4 is 5.43 Å². The number of rotatable bonds is 4. The summed E-state index contributed by atoms with van der Waals surface area (Å²) in [6.45, 7) is 0. The zero-order valence-corrected chi connectivity index (χ0v) is 9.55. The van der Waals surface area contributed by atoms with Crippen molar-refractivity contribution in [1.29, 1.82) is 5.26 Å². The van der Waals surface area contributed by atoms with E-state index < -0.39 is 0 Å². The molecule has 0 radical (unpaired) electrons. The van der Waals surface area contributed by atoms with Gasteiger partial charge in [0.1, 0.15) is 0 Å². The van der Waals surface area contributed by atoms with Crippen molar-refractivity contribution >= 4 is 23.4 Å². The van der Waals surface area contributed by atoms with E-state index in [1.807, 2.05) is 6.07 Å². The predicted molar refractivity (Wildman–Crippen MR) is 62.2 cm³/mol. The molecule has 0 bridgehead atoms. The van der Waals surface area contributed by atoms with Gasteiger partial charge in [0.15, 0.2) is 0 Å². The van der Waals surface area contributed by atoms with E-state index in [2.05, 4.69) is 25.7 Å². The number of H-pyrrole nitrogens is 1. The first kappa shape index (κ1) is 11.0. The van der Waals surface area contributed by atoms with Gasteiger partial charge in [-0.15, -0.1) is 5.10 Å². The third-order valence-electron chi connectivity index (χ3n) is 2.23. The van der Waals surface area contributed by atoms with Crippen molar-refractivity contribution in [2.24, 2.45) is 5.10 Å². The molecule has 0 aliphatic heterocycles. The van der Waals surface area contributed by atoms with Crippen molar-refractivity contribution in [3.63, 3.8) is 0 Å². The topological polar surface area (TPSA) is 89.8 Å². The van der Waals surface area contributed by atoms with E-state index in [1.165, 1.54) is 30.3 Å². The molecule has 1 aliphatic carbocycles. The van der Waals surface area contributed by atoms with Gasteiger partial charge in [-0.3, -0.25) is 0 Å². The largest absolute Gasteiger partial charge is 0.246 e. The number of anilines is 1. The van der Waals surface area contributed by atoms with Crippen LogP contribution in [-0.2, 0) is 0 Å². The number of nitriles is 1. The van der Waals surface area contributed by atoms with Gasteiger partial charge in [-0.1, -0.05) is 11.8 Å². The number of hydrazone groups is 1. The third kappa shape index (κ3) is 2.97. The lowest BCUT2D eigenvalue weighted by atomic mass is 10.3. The molecule has 0 amide bonds. The Balaban J connectivity index is 1.87. The van der Waals surface area contributed by atoms with Crippen molar-refractivity contribution < 1.29 is 0 Å². The lowest BCUT2D eigenvalue weighted by Crippen LogP contribution is -1.97. The van der Waals surface area contributed by atoms with Crippen molar-refractivity contribution in [1.82, 2.24) is 15.2 Å². The van der Waals surface area contributed by atoms with Gasteiger partial charge in [0.25, 0.3) is 0 Å². The van der Waals surface area contributed by atoms with Gasteiger partial charge in [-0.2, -0.15) is 15.3 Å². The summed E-state index contributed by atoms with van der Waals surface area (Å²) in [5, 5.41) is 19.9. The van der Waals surface area contributed by atoms with Crippen LogP contribution in [0.25, 0.3) is 0 Å². The Kier molecular flexibility index (Phi) is 3.77. The highest BCUT2D eigenvalue weighted by Crippen LogP contribution is 2.16. The first-order valence-electron chi connectivity index (χ1n) is 5.12. The Morgan fingerprint density at radius 1 is 1.50 bits per heavy atom. The molecule has 0 saturated heterocycles. The van der Waals surface area contributed by atoms with Crippen molar-refractivity contribution in [2.45, 2.75) is 30.8 Å². The lowest BCUT2D eigenvalue weighted by molar-refractivity contribution is 0.886. The average Bonchev–Trinajstić information content (AvgIpc) is 2.95. The van der Waals surface area contributed by atoms with E-state index in [0.29, 0.717) is 16.9 Å². The Labute approximate surface area is 97.5 Å². The summed E-state index contributed by atoms with van der Waals surface area (Å²) in [4.78, 5) is 4.14. The minimum Gasteiger partial charge on any atom is -0.246 e. The quantitative estimate of drug-likeness (QED) is 0.614. The minimum absolute atomic E-state index is 0.353. The van der Waals surface area contributed by atoms with E-state index >= 15 is 0 Å². The van der Waals surface area contributed by atoms with Crippen LogP contribution in [0, 0.1) is 11.3 Å². The maximum Gasteiger partial charge on any atom is 0.240 e. The van der Waals surface area contributed by atoms with Crippen molar-refractivity contribution in [3.8, 4) is 6.07 Å². The second-order valence-corrected chi connectivity index (χ2v) is 4.35. The molecular weight excluding hydrogens is 224 g/mol. The summed E-state index contributed by atoms with van der Waals surface area (Å²) >= 11 is 1.30. The fraction of sp³-hybridized carbons (Fsp3) is 0.556. The van der Waals surface area contributed by atoms with Gasteiger partial charge in [-0.25, -0.2) is 10.5 Å². The Hall–Kier alpha value is -1.55. The van der Waals surface area contributed by atoms with E-state index in [4.69, 9.17) is 5.26 Å². The maximum absolute atomic E-state index is 8.41. The summed E-state index contributed by atoms with van der Waals surface area (Å²) in [5.74, 6) is 0.881. The number of nitrogens with zero attached hydrogens (tertiary/aromatic N) is 4. The molecule has 0 aromatic carbocycles. The Morgan fingerprint density at radius 3 is 3.06 bits per heavy atom. The summed E-state index contributed by atoms with van der Waals surface area (Å²) in [5.41, 5.74) is 4.03. The van der Waals surface area contributed by atoms with E-state index in [1.54, 1.807) is 0 Å². The first-order chi connectivity index (χ1) is 7.88. The van der Waals surface area contributed by atoms with Crippen LogP contribution in [-0.4, -0.2) is 26.6 Å². The first-order valence-corrected chi connectivity index (χ1v) is 6.10. The maximum atomic E-state index is 8.41. The minimum atomic E-state index is 0.353. The van der Waals surface area contributed by atoms with Gasteiger partial charge >= 0.3 is 0 Å². The third-order valence-corrected chi connectivity index (χ3v) is 2.95. The molecule has 0 spiro atoms. The molecule has 2 N–H and O–H groups in total. The average molecular weight is 236 g/mol. The van der Waals surface area contributed by atoms with Crippen LogP contribution in [0.15, 0.2) is 10.3 Å². The molecule has 1 heterocycles. The fourth-order valence-corrected chi connectivity index (χ4v) is 1.94. The van der Waals surface area contributed by atoms with Crippen LogP contribution in [0.2, 0.25) is 0 Å². The molecule has 16 heavy (non-hydrogen) atoms. The molecule has 7 heteroatoms. The number of aromatic amines is 1. The molecule has 2 rings (SSSR count). The monoisotopic (exact) mass is 236 g/mol. The molecule has 1 saturated carbocycles. The molecule has 84 valence electrons. The summed E-state index contributed by atoms with van der Waals surface area (Å²) in [7, 11) is 0. The van der Waals surface area contributed by atoms with Crippen LogP contribution in [0.1, 0.15) is 25.7 Å². The van der Waals surface area contributed by atoms with Gasteiger partial charge in [0.2, 0.25) is 11.1 Å². The predicted octanol–water partition coefficient (Wildman–Crippen LogP) is 1.76. The lowest BCUT2D eigenvalue weighted by Gasteiger charge is -1.95.